The fraction of sp³-hybridized carbons (Fsp3) is 0.455. The number of nitrogens with one attached hydrogen (secondary N) is 1. The number of aromatic nitrogens is 1. The third-order valence-electron chi connectivity index (χ3n) is 5.37. The van der Waals surface area contributed by atoms with Crippen molar-refractivity contribution >= 4 is 11.7 Å². The van der Waals surface area contributed by atoms with E-state index in [9.17, 15) is 18.0 Å². The average molecular weight is 437 g/mol. The first-order valence-electron chi connectivity index (χ1n) is 10.1. The van der Waals surface area contributed by atoms with Crippen LogP contribution in [0.1, 0.15) is 30.4 Å². The van der Waals surface area contributed by atoms with Gasteiger partial charge in [-0.1, -0.05) is 12.1 Å². The van der Waals surface area contributed by atoms with Gasteiger partial charge in [-0.05, 0) is 43.0 Å². The van der Waals surface area contributed by atoms with E-state index in [1.165, 1.54) is 6.07 Å². The maximum absolute atomic E-state index is 12.7. The number of benzene rings is 1. The van der Waals surface area contributed by atoms with Gasteiger partial charge in [0.05, 0.1) is 19.8 Å². The van der Waals surface area contributed by atoms with Gasteiger partial charge in [0.15, 0.2) is 11.5 Å². The molecule has 1 aliphatic rings. The van der Waals surface area contributed by atoms with E-state index in [-0.39, 0.29) is 11.9 Å². The summed E-state index contributed by atoms with van der Waals surface area (Å²) >= 11 is 0. The molecule has 0 radical (unpaired) electrons. The second-order valence-electron chi connectivity index (χ2n) is 7.38. The molecule has 0 bridgehead atoms. The molecule has 1 aliphatic heterocycles. The smallest absolute Gasteiger partial charge is 0.417 e. The van der Waals surface area contributed by atoms with Crippen LogP contribution in [0.2, 0.25) is 0 Å². The van der Waals surface area contributed by atoms with Crippen LogP contribution in [0.25, 0.3) is 0 Å². The van der Waals surface area contributed by atoms with Crippen molar-refractivity contribution in [2.45, 2.75) is 37.9 Å². The van der Waals surface area contributed by atoms with Crippen LogP contribution < -0.4 is 19.7 Å². The minimum atomic E-state index is -4.39. The Morgan fingerprint density at radius 1 is 1.16 bits per heavy atom. The number of halogens is 3. The largest absolute Gasteiger partial charge is 0.493 e. The number of carbonyl (C=O) groups is 1. The number of aryl methyl sites for hydroxylation is 1. The first-order valence-corrected chi connectivity index (χ1v) is 10.1. The van der Waals surface area contributed by atoms with Crippen molar-refractivity contribution in [1.82, 2.24) is 10.3 Å². The summed E-state index contributed by atoms with van der Waals surface area (Å²) < 4.78 is 48.7. The van der Waals surface area contributed by atoms with Crippen molar-refractivity contribution in [2.24, 2.45) is 0 Å². The first kappa shape index (κ1) is 22.7. The summed E-state index contributed by atoms with van der Waals surface area (Å²) in [4.78, 5) is 18.3. The number of amides is 1. The summed E-state index contributed by atoms with van der Waals surface area (Å²) in [5.41, 5.74) is 0.145. The second-order valence-corrected chi connectivity index (χ2v) is 7.38. The Morgan fingerprint density at radius 2 is 1.90 bits per heavy atom. The number of nitrogens with zero attached hydrogens (tertiary/aromatic N) is 2. The molecule has 31 heavy (non-hydrogen) atoms. The lowest BCUT2D eigenvalue weighted by atomic mass is 10.0. The number of para-hydroxylation sites is 1. The molecular weight excluding hydrogens is 411 g/mol. The predicted molar refractivity (Wildman–Crippen MR) is 110 cm³/mol. The summed E-state index contributed by atoms with van der Waals surface area (Å²) in [7, 11) is 3.14. The van der Waals surface area contributed by atoms with E-state index in [0.29, 0.717) is 56.1 Å². The number of ether oxygens (including phenoxy) is 2. The van der Waals surface area contributed by atoms with Crippen molar-refractivity contribution in [2.75, 3.05) is 32.2 Å². The lowest BCUT2D eigenvalue weighted by Gasteiger charge is -2.33. The van der Waals surface area contributed by atoms with Crippen LogP contribution in [0.15, 0.2) is 36.5 Å². The Labute approximate surface area is 179 Å². The minimum Gasteiger partial charge on any atom is -0.493 e. The van der Waals surface area contributed by atoms with Crippen LogP contribution in [-0.4, -0.2) is 44.2 Å². The van der Waals surface area contributed by atoms with Gasteiger partial charge in [0.2, 0.25) is 5.91 Å². The number of hydrogen-bond acceptors (Lipinski definition) is 5. The highest BCUT2D eigenvalue weighted by Crippen LogP contribution is 2.32. The quantitative estimate of drug-likeness (QED) is 0.713. The molecule has 0 aliphatic carbocycles. The summed E-state index contributed by atoms with van der Waals surface area (Å²) in [6.45, 7) is 1.24. The molecule has 2 heterocycles. The van der Waals surface area contributed by atoms with Gasteiger partial charge in [-0.2, -0.15) is 13.2 Å². The highest BCUT2D eigenvalue weighted by Gasteiger charge is 2.31. The van der Waals surface area contributed by atoms with Crippen molar-refractivity contribution in [3.8, 4) is 11.5 Å². The molecule has 1 amide bonds. The fourth-order valence-corrected chi connectivity index (χ4v) is 3.69. The van der Waals surface area contributed by atoms with Gasteiger partial charge in [0.25, 0.3) is 0 Å². The maximum Gasteiger partial charge on any atom is 0.417 e. The lowest BCUT2D eigenvalue weighted by Crippen LogP contribution is -2.45. The molecule has 1 aromatic carbocycles. The molecular formula is C22H26F3N3O3. The van der Waals surface area contributed by atoms with Crippen molar-refractivity contribution in [3.05, 3.63) is 47.7 Å². The number of pyridine rings is 1. The van der Waals surface area contributed by atoms with E-state index in [0.717, 1.165) is 17.8 Å². The first-order chi connectivity index (χ1) is 14.8. The van der Waals surface area contributed by atoms with Gasteiger partial charge in [-0.3, -0.25) is 4.79 Å². The topological polar surface area (TPSA) is 63.7 Å². The van der Waals surface area contributed by atoms with Gasteiger partial charge in [0, 0.05) is 31.7 Å². The van der Waals surface area contributed by atoms with E-state index in [1.54, 1.807) is 14.2 Å². The average Bonchev–Trinajstić information content (AvgIpc) is 2.77. The number of carbonyl (C=O) groups excluding carboxylic acids is 1. The molecule has 0 unspecified atom stereocenters. The van der Waals surface area contributed by atoms with E-state index in [2.05, 4.69) is 10.3 Å². The monoisotopic (exact) mass is 437 g/mol. The molecule has 9 heteroatoms. The SMILES string of the molecule is COc1cccc(CCC(=O)NC2CCN(c3ccc(C(F)(F)F)cn3)CC2)c1OC. The zero-order valence-electron chi connectivity index (χ0n) is 17.5. The lowest BCUT2D eigenvalue weighted by molar-refractivity contribution is -0.137. The molecule has 6 nitrogen and oxygen atoms in total. The van der Waals surface area contributed by atoms with Gasteiger partial charge in [-0.15, -0.1) is 0 Å². The van der Waals surface area contributed by atoms with Gasteiger partial charge >= 0.3 is 6.18 Å². The number of anilines is 1. The molecule has 1 aromatic heterocycles. The normalized spacial score (nSPS) is 14.9. The fourth-order valence-electron chi connectivity index (χ4n) is 3.69. The number of piperidine rings is 1. The number of methoxy groups -OCH3 is 2. The molecule has 0 spiro atoms. The molecule has 0 atom stereocenters. The summed E-state index contributed by atoms with van der Waals surface area (Å²) in [6, 6.07) is 8.04. The van der Waals surface area contributed by atoms with Crippen LogP contribution in [0, 0.1) is 0 Å². The molecule has 3 rings (SSSR count). The molecule has 0 saturated carbocycles. The molecule has 1 N–H and O–H groups in total. The standard InChI is InChI=1S/C22H26F3N3O3/c1-30-18-5-3-4-15(21(18)31-2)6-9-20(29)27-17-10-12-28(13-11-17)19-8-7-16(14-26-19)22(23,24)25/h3-5,7-8,14,17H,6,9-13H2,1-2H3,(H,27,29). The molecule has 168 valence electrons. The van der Waals surface area contributed by atoms with Crippen molar-refractivity contribution in [3.63, 3.8) is 0 Å². The Balaban J connectivity index is 1.47. The van der Waals surface area contributed by atoms with Crippen LogP contribution in [-0.2, 0) is 17.4 Å². The zero-order valence-corrected chi connectivity index (χ0v) is 17.5. The van der Waals surface area contributed by atoms with Crippen molar-refractivity contribution < 1.29 is 27.4 Å². The van der Waals surface area contributed by atoms with Crippen LogP contribution in [0.4, 0.5) is 19.0 Å². The van der Waals surface area contributed by atoms with Crippen LogP contribution >= 0.6 is 0 Å². The van der Waals surface area contributed by atoms with Gasteiger partial charge < -0.3 is 19.7 Å². The Morgan fingerprint density at radius 3 is 2.48 bits per heavy atom. The summed E-state index contributed by atoms with van der Waals surface area (Å²) in [5.74, 6) is 1.73. The molecule has 1 fully saturated rings. The van der Waals surface area contributed by atoms with Gasteiger partial charge in [-0.25, -0.2) is 4.98 Å². The van der Waals surface area contributed by atoms with E-state index >= 15 is 0 Å². The zero-order chi connectivity index (χ0) is 22.4. The third kappa shape index (κ3) is 5.80. The van der Waals surface area contributed by atoms with E-state index < -0.39 is 11.7 Å². The number of alkyl halides is 3. The minimum absolute atomic E-state index is 0.0328. The Hall–Kier alpha value is -2.97. The maximum atomic E-state index is 12.7. The third-order valence-corrected chi connectivity index (χ3v) is 5.37. The number of rotatable bonds is 7. The second kappa shape index (κ2) is 9.89. The highest BCUT2D eigenvalue weighted by molar-refractivity contribution is 5.76. The molecule has 2 aromatic rings. The Bertz CT molecular complexity index is 880. The summed E-state index contributed by atoms with van der Waals surface area (Å²) in [5, 5.41) is 3.05. The van der Waals surface area contributed by atoms with E-state index in [4.69, 9.17) is 9.47 Å². The van der Waals surface area contributed by atoms with Crippen molar-refractivity contribution in [1.29, 1.82) is 0 Å². The summed E-state index contributed by atoms with van der Waals surface area (Å²) in [6.07, 6.45) is -1.27. The van der Waals surface area contributed by atoms with Crippen LogP contribution in [0.3, 0.4) is 0 Å². The van der Waals surface area contributed by atoms with Gasteiger partial charge in [0.1, 0.15) is 5.82 Å². The van der Waals surface area contributed by atoms with Crippen LogP contribution in [0.5, 0.6) is 11.5 Å². The molecule has 1 saturated heterocycles. The number of hydrogen-bond donors (Lipinski definition) is 1. The Kier molecular flexibility index (Phi) is 7.25. The highest BCUT2D eigenvalue weighted by atomic mass is 19.4. The van der Waals surface area contributed by atoms with E-state index in [1.807, 2.05) is 23.1 Å². The predicted octanol–water partition coefficient (Wildman–Crippen LogP) is 3.84.